The second kappa shape index (κ2) is 6.34. The number of ether oxygens (including phenoxy) is 2. The van der Waals surface area contributed by atoms with Crippen molar-refractivity contribution in [2.24, 2.45) is 0 Å². The van der Waals surface area contributed by atoms with Crippen LogP contribution in [-0.2, 0) is 0 Å². The van der Waals surface area contributed by atoms with Crippen LogP contribution in [0.1, 0.15) is 0 Å². The molecule has 0 saturated heterocycles. The summed E-state index contributed by atoms with van der Waals surface area (Å²) in [5.74, 6) is 1.87. The van der Waals surface area contributed by atoms with E-state index in [1.54, 1.807) is 25.1 Å². The van der Waals surface area contributed by atoms with E-state index in [0.717, 1.165) is 33.5 Å². The van der Waals surface area contributed by atoms with Gasteiger partial charge in [0, 0.05) is 10.9 Å². The number of hydrogen-bond acceptors (Lipinski definition) is 6. The van der Waals surface area contributed by atoms with Gasteiger partial charge in [-0.25, -0.2) is 14.5 Å². The van der Waals surface area contributed by atoms with E-state index < -0.39 is 0 Å². The summed E-state index contributed by atoms with van der Waals surface area (Å²) in [7, 11) is 3.22. The largest absolute Gasteiger partial charge is 0.493 e. The van der Waals surface area contributed by atoms with E-state index in [-0.39, 0.29) is 0 Å². The van der Waals surface area contributed by atoms with E-state index in [4.69, 9.17) is 9.47 Å². The van der Waals surface area contributed by atoms with Gasteiger partial charge in [-0.05, 0) is 36.4 Å². The Morgan fingerprint density at radius 1 is 0.964 bits per heavy atom. The highest BCUT2D eigenvalue weighted by Gasteiger charge is 2.14. The molecule has 0 aliphatic carbocycles. The molecule has 8 nitrogen and oxygen atoms in total. The van der Waals surface area contributed by atoms with Crippen LogP contribution in [0.15, 0.2) is 54.9 Å². The number of H-pyrrole nitrogens is 1. The van der Waals surface area contributed by atoms with Gasteiger partial charge >= 0.3 is 0 Å². The van der Waals surface area contributed by atoms with E-state index in [9.17, 15) is 0 Å². The molecule has 8 heteroatoms. The van der Waals surface area contributed by atoms with Gasteiger partial charge in [-0.15, -0.1) is 5.10 Å². The molecule has 0 atom stereocenters. The lowest BCUT2D eigenvalue weighted by atomic mass is 10.1. The summed E-state index contributed by atoms with van der Waals surface area (Å²) < 4.78 is 12.3. The zero-order valence-corrected chi connectivity index (χ0v) is 15.2. The molecule has 138 valence electrons. The molecule has 0 saturated carbocycles. The normalized spacial score (nSPS) is 11.2. The fourth-order valence-corrected chi connectivity index (χ4v) is 3.17. The molecular weight excluding hydrogens is 356 g/mol. The SMILES string of the molecule is COc1ccc(-c2cc(-c3nc4c5ccccc5ncn4n3)[nH]n2)cc1OC. The number of nitrogens with zero attached hydrogens (tertiary/aromatic N) is 5. The van der Waals surface area contributed by atoms with E-state index in [1.165, 1.54) is 0 Å². The van der Waals surface area contributed by atoms with Crippen LogP contribution >= 0.6 is 0 Å². The van der Waals surface area contributed by atoms with Gasteiger partial charge in [0.1, 0.15) is 12.0 Å². The first kappa shape index (κ1) is 16.2. The van der Waals surface area contributed by atoms with Gasteiger partial charge < -0.3 is 9.47 Å². The third-order valence-corrected chi connectivity index (χ3v) is 4.58. The highest BCUT2D eigenvalue weighted by molar-refractivity contribution is 5.91. The highest BCUT2D eigenvalue weighted by atomic mass is 16.5. The summed E-state index contributed by atoms with van der Waals surface area (Å²) in [4.78, 5) is 9.09. The van der Waals surface area contributed by atoms with Gasteiger partial charge in [-0.3, -0.25) is 5.10 Å². The van der Waals surface area contributed by atoms with Crippen molar-refractivity contribution in [1.29, 1.82) is 0 Å². The van der Waals surface area contributed by atoms with Crippen molar-refractivity contribution in [3.8, 4) is 34.3 Å². The van der Waals surface area contributed by atoms with Gasteiger partial charge in [-0.1, -0.05) is 12.1 Å². The summed E-state index contributed by atoms with van der Waals surface area (Å²) >= 11 is 0. The van der Waals surface area contributed by atoms with Gasteiger partial charge in [0.25, 0.3) is 0 Å². The number of rotatable bonds is 4. The van der Waals surface area contributed by atoms with Crippen molar-refractivity contribution in [2.75, 3.05) is 14.2 Å². The molecule has 5 rings (SSSR count). The second-order valence-corrected chi connectivity index (χ2v) is 6.20. The topological polar surface area (TPSA) is 90.2 Å². The number of methoxy groups -OCH3 is 2. The van der Waals surface area contributed by atoms with Gasteiger partial charge in [0.05, 0.1) is 25.4 Å². The zero-order chi connectivity index (χ0) is 19.1. The van der Waals surface area contributed by atoms with Gasteiger partial charge in [-0.2, -0.15) is 5.10 Å². The molecule has 0 aliphatic rings. The number of para-hydroxylation sites is 1. The maximum atomic E-state index is 5.37. The molecule has 28 heavy (non-hydrogen) atoms. The average Bonchev–Trinajstić information content (AvgIpc) is 3.40. The van der Waals surface area contributed by atoms with Crippen molar-refractivity contribution < 1.29 is 9.47 Å². The van der Waals surface area contributed by atoms with Crippen LogP contribution < -0.4 is 9.47 Å². The number of fused-ring (bicyclic) bond motifs is 3. The Kier molecular flexibility index (Phi) is 3.68. The quantitative estimate of drug-likeness (QED) is 0.520. The Bertz CT molecular complexity index is 1310. The Labute approximate surface area is 159 Å². The Hall–Kier alpha value is -3.94. The fraction of sp³-hybridized carbons (Fsp3) is 0.100. The van der Waals surface area contributed by atoms with Crippen LogP contribution in [0.2, 0.25) is 0 Å². The molecule has 0 amide bonds. The second-order valence-electron chi connectivity index (χ2n) is 6.20. The van der Waals surface area contributed by atoms with Gasteiger partial charge in [0.2, 0.25) is 0 Å². The molecule has 3 heterocycles. The first-order valence-electron chi connectivity index (χ1n) is 8.65. The molecule has 0 radical (unpaired) electrons. The molecule has 0 unspecified atom stereocenters. The molecule has 3 aromatic heterocycles. The Balaban J connectivity index is 1.57. The predicted molar refractivity (Wildman–Crippen MR) is 104 cm³/mol. The fourth-order valence-electron chi connectivity index (χ4n) is 3.17. The van der Waals surface area contributed by atoms with Crippen molar-refractivity contribution in [3.63, 3.8) is 0 Å². The van der Waals surface area contributed by atoms with Crippen molar-refractivity contribution in [3.05, 3.63) is 54.9 Å². The Morgan fingerprint density at radius 2 is 1.82 bits per heavy atom. The minimum absolute atomic E-state index is 0.553. The average molecular weight is 372 g/mol. The number of benzene rings is 2. The molecule has 0 fully saturated rings. The summed E-state index contributed by atoms with van der Waals surface area (Å²) in [6, 6.07) is 15.4. The van der Waals surface area contributed by atoms with E-state index >= 15 is 0 Å². The predicted octanol–water partition coefficient (Wildman–Crippen LogP) is 3.35. The van der Waals surface area contributed by atoms with Crippen molar-refractivity contribution in [1.82, 2.24) is 29.8 Å². The summed E-state index contributed by atoms with van der Waals surface area (Å²) in [5.41, 5.74) is 4.01. The number of aromatic amines is 1. The zero-order valence-electron chi connectivity index (χ0n) is 15.2. The molecule has 0 bridgehead atoms. The third kappa shape index (κ3) is 2.54. The van der Waals surface area contributed by atoms with Crippen molar-refractivity contribution >= 4 is 16.6 Å². The lowest BCUT2D eigenvalue weighted by molar-refractivity contribution is 0.355. The monoisotopic (exact) mass is 372 g/mol. The van der Waals surface area contributed by atoms with Crippen LogP contribution in [0.25, 0.3) is 39.3 Å². The Morgan fingerprint density at radius 3 is 2.68 bits per heavy atom. The number of hydrogen-bond donors (Lipinski definition) is 1. The smallest absolute Gasteiger partial charge is 0.200 e. The molecule has 2 aromatic carbocycles. The summed E-state index contributed by atoms with van der Waals surface area (Å²) in [5, 5.41) is 12.9. The van der Waals surface area contributed by atoms with Crippen LogP contribution in [0.4, 0.5) is 0 Å². The molecule has 1 N–H and O–H groups in total. The molecule has 0 spiro atoms. The standard InChI is InChI=1S/C20H16N6O2/c1-27-17-8-7-12(9-18(17)28-2)15-10-16(24-23-15)19-22-20-13-5-3-4-6-14(13)21-11-26(20)25-19/h3-11H,1-2H3,(H,23,24). The van der Waals surface area contributed by atoms with Crippen LogP contribution in [0, 0.1) is 0 Å². The van der Waals surface area contributed by atoms with E-state index in [0.29, 0.717) is 17.3 Å². The molecular formula is C20H16N6O2. The first-order chi connectivity index (χ1) is 13.8. The minimum Gasteiger partial charge on any atom is -0.493 e. The van der Waals surface area contributed by atoms with E-state index in [1.807, 2.05) is 48.5 Å². The van der Waals surface area contributed by atoms with E-state index in [2.05, 4.69) is 25.3 Å². The lowest BCUT2D eigenvalue weighted by Crippen LogP contribution is -1.90. The summed E-state index contributed by atoms with van der Waals surface area (Å²) in [6.45, 7) is 0. The maximum Gasteiger partial charge on any atom is 0.200 e. The number of aromatic nitrogens is 6. The molecule has 5 aromatic rings. The van der Waals surface area contributed by atoms with Crippen LogP contribution in [-0.4, -0.2) is 44.0 Å². The van der Waals surface area contributed by atoms with Crippen molar-refractivity contribution in [2.45, 2.75) is 0 Å². The third-order valence-electron chi connectivity index (χ3n) is 4.58. The first-order valence-corrected chi connectivity index (χ1v) is 8.65. The minimum atomic E-state index is 0.553. The highest BCUT2D eigenvalue weighted by Crippen LogP contribution is 2.32. The summed E-state index contributed by atoms with van der Waals surface area (Å²) in [6.07, 6.45) is 1.67. The maximum absolute atomic E-state index is 5.37. The van der Waals surface area contributed by atoms with Crippen LogP contribution in [0.3, 0.4) is 0 Å². The van der Waals surface area contributed by atoms with Gasteiger partial charge in [0.15, 0.2) is 23.0 Å². The van der Waals surface area contributed by atoms with Crippen LogP contribution in [0.5, 0.6) is 11.5 Å². The molecule has 0 aliphatic heterocycles. The number of nitrogens with one attached hydrogen (secondary N) is 1. The lowest BCUT2D eigenvalue weighted by Gasteiger charge is -2.08.